The summed E-state index contributed by atoms with van der Waals surface area (Å²) in [5, 5.41) is 11.4. The van der Waals surface area contributed by atoms with Crippen molar-refractivity contribution in [2.75, 3.05) is 13.1 Å². The van der Waals surface area contributed by atoms with Gasteiger partial charge in [-0.2, -0.15) is 0 Å². The number of nitrogens with zero attached hydrogens (tertiary/aromatic N) is 1. The maximum atomic E-state index is 11.9. The molecule has 2 N–H and O–H groups in total. The SMILES string of the molecule is C=C(C)CN(CC)C(=O)NC(C)CCCC(=O)O. The molecule has 0 spiro atoms. The number of carbonyl (C=O) groups excluding carboxylic acids is 1. The molecule has 0 heterocycles. The van der Waals surface area contributed by atoms with Crippen molar-refractivity contribution in [1.29, 1.82) is 0 Å². The number of nitrogens with one attached hydrogen (secondary N) is 1. The fraction of sp³-hybridized carbons (Fsp3) is 0.692. The lowest BCUT2D eigenvalue weighted by atomic mass is 10.1. The molecule has 104 valence electrons. The maximum absolute atomic E-state index is 11.9. The van der Waals surface area contributed by atoms with Crippen LogP contribution in [0.5, 0.6) is 0 Å². The van der Waals surface area contributed by atoms with Gasteiger partial charge in [0.25, 0.3) is 0 Å². The van der Waals surface area contributed by atoms with Crippen LogP contribution in [0.3, 0.4) is 0 Å². The molecule has 5 heteroatoms. The minimum absolute atomic E-state index is 0.0176. The molecule has 0 aliphatic carbocycles. The van der Waals surface area contributed by atoms with E-state index in [2.05, 4.69) is 11.9 Å². The van der Waals surface area contributed by atoms with Crippen molar-refractivity contribution < 1.29 is 14.7 Å². The van der Waals surface area contributed by atoms with Crippen molar-refractivity contribution in [2.24, 2.45) is 0 Å². The van der Waals surface area contributed by atoms with Gasteiger partial charge in [0.1, 0.15) is 0 Å². The van der Waals surface area contributed by atoms with Gasteiger partial charge < -0.3 is 15.3 Å². The van der Waals surface area contributed by atoms with Gasteiger partial charge >= 0.3 is 12.0 Å². The van der Waals surface area contributed by atoms with Crippen molar-refractivity contribution in [3.05, 3.63) is 12.2 Å². The second kappa shape index (κ2) is 8.55. The predicted octanol–water partition coefficient (Wildman–Crippen LogP) is 2.24. The molecule has 0 saturated carbocycles. The van der Waals surface area contributed by atoms with E-state index in [1.807, 2.05) is 20.8 Å². The minimum Gasteiger partial charge on any atom is -0.481 e. The number of likely N-dealkylation sites (N-methyl/N-ethyl adjacent to an activating group) is 1. The maximum Gasteiger partial charge on any atom is 0.317 e. The van der Waals surface area contributed by atoms with Crippen molar-refractivity contribution >= 4 is 12.0 Å². The number of amides is 2. The minimum atomic E-state index is -0.800. The third-order valence-electron chi connectivity index (χ3n) is 2.53. The number of carbonyl (C=O) groups is 2. The third-order valence-corrected chi connectivity index (χ3v) is 2.53. The van der Waals surface area contributed by atoms with E-state index >= 15 is 0 Å². The van der Waals surface area contributed by atoms with E-state index in [0.717, 1.165) is 5.57 Å². The first kappa shape index (κ1) is 16.5. The van der Waals surface area contributed by atoms with Crippen molar-refractivity contribution in [3.63, 3.8) is 0 Å². The fourth-order valence-corrected chi connectivity index (χ4v) is 1.59. The van der Waals surface area contributed by atoms with Crippen molar-refractivity contribution in [1.82, 2.24) is 10.2 Å². The van der Waals surface area contributed by atoms with Crippen LogP contribution >= 0.6 is 0 Å². The van der Waals surface area contributed by atoms with E-state index in [4.69, 9.17) is 5.11 Å². The molecule has 0 aliphatic heterocycles. The Balaban J connectivity index is 4.03. The Labute approximate surface area is 109 Å². The van der Waals surface area contributed by atoms with E-state index in [0.29, 0.717) is 25.9 Å². The molecule has 0 radical (unpaired) electrons. The van der Waals surface area contributed by atoms with Crippen LogP contribution in [0.4, 0.5) is 4.79 Å². The standard InChI is InChI=1S/C13H24N2O3/c1-5-15(9-10(2)3)13(18)14-11(4)7-6-8-12(16)17/h11H,2,5-9H2,1,3-4H3,(H,14,18)(H,16,17). The molecule has 1 unspecified atom stereocenters. The number of urea groups is 1. The largest absolute Gasteiger partial charge is 0.481 e. The second-order valence-corrected chi connectivity index (χ2v) is 4.61. The van der Waals surface area contributed by atoms with Crippen LogP contribution < -0.4 is 5.32 Å². The van der Waals surface area contributed by atoms with Crippen LogP contribution in [0.15, 0.2) is 12.2 Å². The zero-order valence-electron chi connectivity index (χ0n) is 11.5. The molecule has 0 bridgehead atoms. The Morgan fingerprint density at radius 3 is 2.50 bits per heavy atom. The second-order valence-electron chi connectivity index (χ2n) is 4.61. The van der Waals surface area contributed by atoms with Crippen molar-refractivity contribution in [3.8, 4) is 0 Å². The number of hydrogen-bond acceptors (Lipinski definition) is 2. The Morgan fingerprint density at radius 1 is 1.44 bits per heavy atom. The summed E-state index contributed by atoms with van der Waals surface area (Å²) in [4.78, 5) is 23.9. The number of rotatable bonds is 8. The Bertz CT molecular complexity index is 303. The average molecular weight is 256 g/mol. The number of carboxylic acid groups (broad SMARTS) is 1. The molecule has 2 amide bonds. The highest BCUT2D eigenvalue weighted by molar-refractivity contribution is 5.74. The Kier molecular flexibility index (Phi) is 7.83. The summed E-state index contributed by atoms with van der Waals surface area (Å²) in [6.45, 7) is 10.6. The molecular formula is C13H24N2O3. The molecule has 0 saturated heterocycles. The highest BCUT2D eigenvalue weighted by Gasteiger charge is 2.14. The van der Waals surface area contributed by atoms with Crippen LogP contribution in [-0.2, 0) is 4.79 Å². The van der Waals surface area contributed by atoms with Crippen LogP contribution in [0, 0.1) is 0 Å². The van der Waals surface area contributed by atoms with Gasteiger partial charge in [-0.15, -0.1) is 0 Å². The fourth-order valence-electron chi connectivity index (χ4n) is 1.59. The smallest absolute Gasteiger partial charge is 0.317 e. The average Bonchev–Trinajstić information content (AvgIpc) is 2.24. The van der Waals surface area contributed by atoms with Gasteiger partial charge in [-0.25, -0.2) is 4.79 Å². The van der Waals surface area contributed by atoms with Crippen LogP contribution in [0.1, 0.15) is 40.0 Å². The lowest BCUT2D eigenvalue weighted by Gasteiger charge is -2.24. The molecule has 0 fully saturated rings. The number of carboxylic acids is 1. The van der Waals surface area contributed by atoms with Gasteiger partial charge in [0, 0.05) is 25.6 Å². The quantitative estimate of drug-likeness (QED) is 0.654. The first-order valence-electron chi connectivity index (χ1n) is 6.28. The number of aliphatic carboxylic acids is 1. The summed E-state index contributed by atoms with van der Waals surface area (Å²) in [5.74, 6) is -0.800. The zero-order valence-corrected chi connectivity index (χ0v) is 11.5. The lowest BCUT2D eigenvalue weighted by molar-refractivity contribution is -0.137. The van der Waals surface area contributed by atoms with E-state index in [1.54, 1.807) is 4.90 Å². The zero-order chi connectivity index (χ0) is 14.1. The summed E-state index contributed by atoms with van der Waals surface area (Å²) in [6.07, 6.45) is 1.38. The Morgan fingerprint density at radius 2 is 2.06 bits per heavy atom. The summed E-state index contributed by atoms with van der Waals surface area (Å²) < 4.78 is 0. The topological polar surface area (TPSA) is 69.6 Å². The lowest BCUT2D eigenvalue weighted by Crippen LogP contribution is -2.44. The van der Waals surface area contributed by atoms with Gasteiger partial charge in [0.2, 0.25) is 0 Å². The summed E-state index contributed by atoms with van der Waals surface area (Å²) in [5.41, 5.74) is 0.936. The molecular weight excluding hydrogens is 232 g/mol. The summed E-state index contributed by atoms with van der Waals surface area (Å²) in [6, 6.07) is -0.139. The summed E-state index contributed by atoms with van der Waals surface area (Å²) >= 11 is 0. The highest BCUT2D eigenvalue weighted by atomic mass is 16.4. The third kappa shape index (κ3) is 7.70. The molecule has 18 heavy (non-hydrogen) atoms. The van der Waals surface area contributed by atoms with E-state index in [1.165, 1.54) is 0 Å². The molecule has 1 atom stereocenters. The normalized spacial score (nSPS) is 11.7. The van der Waals surface area contributed by atoms with Crippen molar-refractivity contribution in [2.45, 2.75) is 46.1 Å². The van der Waals surface area contributed by atoms with E-state index in [9.17, 15) is 9.59 Å². The van der Waals surface area contributed by atoms with Crippen LogP contribution in [0.2, 0.25) is 0 Å². The predicted molar refractivity (Wildman–Crippen MR) is 71.5 cm³/mol. The first-order chi connectivity index (χ1) is 8.36. The summed E-state index contributed by atoms with van der Waals surface area (Å²) in [7, 11) is 0. The monoisotopic (exact) mass is 256 g/mol. The first-order valence-corrected chi connectivity index (χ1v) is 6.28. The van der Waals surface area contributed by atoms with Gasteiger partial charge in [-0.05, 0) is 33.6 Å². The van der Waals surface area contributed by atoms with Gasteiger partial charge in [-0.1, -0.05) is 12.2 Å². The highest BCUT2D eigenvalue weighted by Crippen LogP contribution is 2.02. The molecule has 0 rings (SSSR count). The molecule has 0 aromatic carbocycles. The number of hydrogen-bond donors (Lipinski definition) is 2. The molecule has 0 aliphatic rings. The van der Waals surface area contributed by atoms with E-state index < -0.39 is 5.97 Å². The van der Waals surface area contributed by atoms with E-state index in [-0.39, 0.29) is 18.5 Å². The molecule has 5 nitrogen and oxygen atoms in total. The van der Waals surface area contributed by atoms with Crippen LogP contribution in [-0.4, -0.2) is 41.1 Å². The van der Waals surface area contributed by atoms with Crippen LogP contribution in [0.25, 0.3) is 0 Å². The van der Waals surface area contributed by atoms with Gasteiger partial charge in [0.15, 0.2) is 0 Å². The molecule has 0 aromatic rings. The molecule has 0 aromatic heterocycles. The van der Waals surface area contributed by atoms with Gasteiger partial charge in [-0.3, -0.25) is 4.79 Å². The Hall–Kier alpha value is -1.52. The van der Waals surface area contributed by atoms with Gasteiger partial charge in [0.05, 0.1) is 0 Å².